The fourth-order valence-corrected chi connectivity index (χ4v) is 15.6. The van der Waals surface area contributed by atoms with Crippen LogP contribution in [0.1, 0.15) is 81.9 Å². The minimum atomic E-state index is -3.84. The maximum absolute atomic E-state index is 15.4. The van der Waals surface area contributed by atoms with Crippen LogP contribution >= 0.6 is 7.87 Å². The summed E-state index contributed by atoms with van der Waals surface area (Å²) < 4.78 is 27.0. The lowest BCUT2D eigenvalue weighted by atomic mass is 9.56. The summed E-state index contributed by atoms with van der Waals surface area (Å²) in [5, 5.41) is 11.2. The predicted molar refractivity (Wildman–Crippen MR) is 262 cm³/mol. The van der Waals surface area contributed by atoms with Crippen LogP contribution in [0.25, 0.3) is 0 Å². The Bertz CT molecular complexity index is 2370. The van der Waals surface area contributed by atoms with Crippen molar-refractivity contribution < 1.29 is 33.5 Å². The average molecular weight is 935 g/mol. The van der Waals surface area contributed by atoms with E-state index in [0.29, 0.717) is 5.56 Å². The van der Waals surface area contributed by atoms with E-state index in [2.05, 4.69) is 29.5 Å². The van der Waals surface area contributed by atoms with Gasteiger partial charge in [0.15, 0.2) is 17.1 Å². The fraction of sp³-hybridized carbons (Fsp3) is 0.412. The van der Waals surface area contributed by atoms with E-state index < -0.39 is 62.4 Å². The van der Waals surface area contributed by atoms with Gasteiger partial charge in [0.1, 0.15) is 33.5 Å². The van der Waals surface area contributed by atoms with Gasteiger partial charge in [-0.05, 0) is 83.4 Å². The molecule has 5 atom stereocenters. The highest BCUT2D eigenvalue weighted by Gasteiger charge is 2.81. The highest BCUT2D eigenvalue weighted by Crippen LogP contribution is 2.70. The maximum atomic E-state index is 15.4. The van der Waals surface area contributed by atoms with Crippen molar-refractivity contribution in [1.29, 1.82) is 5.26 Å². The molecule has 1 unspecified atom stereocenters. The second-order valence-corrected chi connectivity index (χ2v) is 24.0. The normalized spacial score (nSPS) is 21.0. The molecule has 15 heteroatoms. The number of hydrogen-bond acceptors (Lipinski definition) is 11. The number of carbonyl (C=O) groups excluding carboxylic acids is 1. The molecule has 1 amide bonds. The van der Waals surface area contributed by atoms with Crippen LogP contribution in [-0.4, -0.2) is 89.2 Å². The van der Waals surface area contributed by atoms with E-state index in [1.807, 2.05) is 150 Å². The van der Waals surface area contributed by atoms with Crippen molar-refractivity contribution in [3.63, 3.8) is 0 Å². The second-order valence-electron chi connectivity index (χ2n) is 18.4. The Balaban J connectivity index is 1.87. The molecule has 2 heterocycles. The van der Waals surface area contributed by atoms with Crippen LogP contribution in [0.3, 0.4) is 0 Å². The molecule has 1 aromatic heterocycles. The number of nitrogens with one attached hydrogen (secondary N) is 1. The highest BCUT2D eigenvalue weighted by molar-refractivity contribution is 7.63. The van der Waals surface area contributed by atoms with Gasteiger partial charge in [0.2, 0.25) is 0 Å². The first-order chi connectivity index (χ1) is 31.4. The van der Waals surface area contributed by atoms with E-state index in [4.69, 9.17) is 23.8 Å². The Morgan fingerprint density at radius 3 is 1.82 bits per heavy atom. The standard InChI is InChI=1S/C51H64N5O8PSi/c1-37(2)56(38(3)4)65(59,35-23-33-52)63-45-43(36-61-60-8)62-51(66(9)10,55-34-32-44(54-47(55)58)53-46(57)39-24-15-11-16-25-39)50(45,64-48(5,6)7)49(40-26-17-12-18-27-40,41-28-19-13-20-29-41)42-30-21-14-22-31-42/h11-22,24-32,34,37-38,43,45,59,66H,23,35-36H2,1-10H3/p+1/t43-,45-,50+,51+,65?/m1/s1. The second kappa shape index (κ2) is 20.9. The number of aromatic nitrogens is 2. The van der Waals surface area contributed by atoms with Gasteiger partial charge in [-0.1, -0.05) is 122 Å². The number of benzene rings is 4. The van der Waals surface area contributed by atoms with Crippen LogP contribution in [0.2, 0.25) is 13.1 Å². The lowest BCUT2D eigenvalue weighted by Crippen LogP contribution is -2.77. The monoisotopic (exact) mass is 934 g/mol. The number of carbonyl (C=O) groups is 1. The summed E-state index contributed by atoms with van der Waals surface area (Å²) in [6, 6.07) is 42.1. The zero-order valence-corrected chi connectivity index (χ0v) is 41.8. The summed E-state index contributed by atoms with van der Waals surface area (Å²) in [6.07, 6.45) is -0.790. The molecule has 0 bridgehead atoms. The van der Waals surface area contributed by atoms with E-state index in [1.165, 1.54) is 11.7 Å². The molecule has 66 heavy (non-hydrogen) atoms. The van der Waals surface area contributed by atoms with Gasteiger partial charge in [0.05, 0.1) is 30.6 Å². The summed E-state index contributed by atoms with van der Waals surface area (Å²) in [5.74, 6) is -0.391. The predicted octanol–water partition coefficient (Wildman–Crippen LogP) is 8.91. The number of nitriles is 1. The van der Waals surface area contributed by atoms with Gasteiger partial charge in [-0.15, -0.1) is 4.67 Å². The third kappa shape index (κ3) is 9.47. The molecule has 1 saturated heterocycles. The molecule has 0 saturated carbocycles. The highest BCUT2D eigenvalue weighted by atomic mass is 31.2. The smallest absolute Gasteiger partial charge is 0.351 e. The van der Waals surface area contributed by atoms with Crippen LogP contribution < -0.4 is 11.0 Å². The molecule has 350 valence electrons. The summed E-state index contributed by atoms with van der Waals surface area (Å²) in [7, 11) is -5.11. The van der Waals surface area contributed by atoms with Crippen molar-refractivity contribution in [2.75, 3.05) is 25.2 Å². The van der Waals surface area contributed by atoms with Gasteiger partial charge in [-0.25, -0.2) is 19.5 Å². The summed E-state index contributed by atoms with van der Waals surface area (Å²) in [5.41, 5.74) is -2.33. The van der Waals surface area contributed by atoms with Crippen LogP contribution in [0, 0.1) is 11.3 Å². The fourth-order valence-electron chi connectivity index (χ4n) is 10.1. The number of nitrogens with zero attached hydrogens (tertiary/aromatic N) is 4. The largest absolute Gasteiger partial charge is 0.360 e. The van der Waals surface area contributed by atoms with Gasteiger partial charge in [0, 0.05) is 23.8 Å². The van der Waals surface area contributed by atoms with E-state index >= 15 is 4.79 Å². The number of rotatable bonds is 19. The summed E-state index contributed by atoms with van der Waals surface area (Å²) in [6.45, 7) is 17.8. The van der Waals surface area contributed by atoms with Crippen LogP contribution in [0.4, 0.5) is 5.82 Å². The van der Waals surface area contributed by atoms with Gasteiger partial charge >= 0.3 is 13.6 Å². The molecule has 1 aliphatic rings. The topological polar surface area (TPSA) is 157 Å². The molecule has 0 radical (unpaired) electrons. The van der Waals surface area contributed by atoms with Crippen LogP contribution in [0.15, 0.2) is 138 Å². The lowest BCUT2D eigenvalue weighted by Gasteiger charge is -2.60. The Morgan fingerprint density at radius 1 is 0.894 bits per heavy atom. The maximum Gasteiger partial charge on any atom is 0.351 e. The van der Waals surface area contributed by atoms with Gasteiger partial charge < -0.3 is 14.8 Å². The average Bonchev–Trinajstić information content (AvgIpc) is 3.54. The number of ether oxygens (including phenoxy) is 2. The molecule has 0 aliphatic carbocycles. The number of hydrogen-bond donors (Lipinski definition) is 2. The number of amides is 1. The third-order valence-electron chi connectivity index (χ3n) is 12.0. The summed E-state index contributed by atoms with van der Waals surface area (Å²) in [4.78, 5) is 58.2. The van der Waals surface area contributed by atoms with E-state index in [9.17, 15) is 14.9 Å². The summed E-state index contributed by atoms with van der Waals surface area (Å²) >= 11 is 0. The molecule has 2 N–H and O–H groups in total. The Hall–Kier alpha value is -4.91. The van der Waals surface area contributed by atoms with E-state index in [0.717, 1.165) is 16.7 Å². The van der Waals surface area contributed by atoms with Crippen LogP contribution in [-0.2, 0) is 34.5 Å². The molecular weight excluding hydrogens is 870 g/mol. The van der Waals surface area contributed by atoms with E-state index in [1.54, 1.807) is 36.5 Å². The molecule has 5 aromatic rings. The Morgan fingerprint density at radius 2 is 1.39 bits per heavy atom. The van der Waals surface area contributed by atoms with Crippen molar-refractivity contribution >= 4 is 28.4 Å². The van der Waals surface area contributed by atoms with E-state index in [-0.39, 0.29) is 37.1 Å². The molecule has 4 aromatic carbocycles. The van der Waals surface area contributed by atoms with Gasteiger partial charge in [-0.2, -0.15) is 14.8 Å². The zero-order valence-electron chi connectivity index (χ0n) is 39.8. The Kier molecular flexibility index (Phi) is 16.0. The molecule has 13 nitrogen and oxygen atoms in total. The van der Waals surface area contributed by atoms with Crippen LogP contribution in [0.5, 0.6) is 0 Å². The number of anilines is 1. The quantitative estimate of drug-likeness (QED) is 0.0268. The third-order valence-corrected chi connectivity index (χ3v) is 17.5. The molecule has 1 fully saturated rings. The van der Waals surface area contributed by atoms with Crippen molar-refractivity contribution in [3.05, 3.63) is 166 Å². The Labute approximate surface area is 391 Å². The van der Waals surface area contributed by atoms with Crippen molar-refractivity contribution in [1.82, 2.24) is 14.2 Å². The first-order valence-corrected chi connectivity index (χ1v) is 27.2. The van der Waals surface area contributed by atoms with Crippen molar-refractivity contribution in [2.45, 2.75) is 114 Å². The molecule has 0 spiro atoms. The molecular formula is C51H65N5O8PSi+. The van der Waals surface area contributed by atoms with Crippen molar-refractivity contribution in [3.8, 4) is 6.07 Å². The van der Waals surface area contributed by atoms with Gasteiger partial charge in [0.25, 0.3) is 5.91 Å². The SMILES string of the molecule is COOC[C@H]1O[C@](n2ccc(NC(=O)c3ccccc3)nc2=O)([SiH](C)C)[C@@](OC(C)(C)C)(C(c2ccccc2)(c2ccccc2)c2ccccc2)[C@@H]1O[P+](O)(CCC#N)N(C(C)C)C(C)C. The molecule has 6 rings (SSSR count). The lowest BCUT2D eigenvalue weighted by molar-refractivity contribution is -0.291. The zero-order chi connectivity index (χ0) is 47.9. The first-order valence-electron chi connectivity index (χ1n) is 22.5. The minimum Gasteiger partial charge on any atom is -0.360 e. The minimum absolute atomic E-state index is 0.00174. The first kappa shape index (κ1) is 50.5. The van der Waals surface area contributed by atoms with Crippen molar-refractivity contribution in [2.24, 2.45) is 0 Å². The molecule has 1 aliphatic heterocycles. The van der Waals surface area contributed by atoms with Gasteiger partial charge in [-0.3, -0.25) is 9.36 Å².